The van der Waals surface area contributed by atoms with Crippen LogP contribution in [-0.4, -0.2) is 33.1 Å². The molecule has 2 aromatic heterocycles. The van der Waals surface area contributed by atoms with E-state index in [0.29, 0.717) is 12.4 Å². The van der Waals surface area contributed by atoms with Gasteiger partial charge < -0.3 is 19.6 Å². The molecule has 2 heterocycles. The Bertz CT molecular complexity index is 486. The van der Waals surface area contributed by atoms with Gasteiger partial charge in [-0.3, -0.25) is 0 Å². The summed E-state index contributed by atoms with van der Waals surface area (Å²) in [6.07, 6.45) is 0.916. The highest BCUT2D eigenvalue weighted by atomic mass is 32.1. The van der Waals surface area contributed by atoms with E-state index in [2.05, 4.69) is 14.1 Å². The van der Waals surface area contributed by atoms with Gasteiger partial charge in [-0.2, -0.15) is 4.37 Å². The van der Waals surface area contributed by atoms with E-state index in [1.54, 1.807) is 0 Å². The maximum atomic E-state index is 9.79. The zero-order chi connectivity index (χ0) is 13.7. The second-order valence-corrected chi connectivity index (χ2v) is 4.85. The Labute approximate surface area is 115 Å². The van der Waals surface area contributed by atoms with Crippen LogP contribution in [0.3, 0.4) is 0 Å². The van der Waals surface area contributed by atoms with Crippen molar-refractivity contribution < 1.29 is 14.3 Å². The maximum absolute atomic E-state index is 9.79. The molecule has 0 fully saturated rings. The zero-order valence-electron chi connectivity index (χ0n) is 10.9. The Morgan fingerprint density at radius 3 is 3.00 bits per heavy atom. The minimum atomic E-state index is -0.611. The Hall–Kier alpha value is -1.44. The summed E-state index contributed by atoms with van der Waals surface area (Å²) in [4.78, 5) is 0. The Kier molecular flexibility index (Phi) is 4.89. The van der Waals surface area contributed by atoms with Crippen molar-refractivity contribution in [2.24, 2.45) is 0 Å². The molecule has 2 rings (SSSR count). The third-order valence-electron chi connectivity index (χ3n) is 2.61. The minimum Gasteiger partial charge on any atom is -0.473 e. The number of furan rings is 1. The molecular weight excluding hydrogens is 266 g/mol. The van der Waals surface area contributed by atoms with E-state index in [1.165, 1.54) is 6.20 Å². The first-order valence-corrected chi connectivity index (χ1v) is 6.76. The summed E-state index contributed by atoms with van der Waals surface area (Å²) in [5.74, 6) is 2.18. The van der Waals surface area contributed by atoms with Crippen LogP contribution in [0.4, 0.5) is 0 Å². The molecule has 2 unspecified atom stereocenters. The molecular formula is C12H17N3O3S. The van der Waals surface area contributed by atoms with Gasteiger partial charge in [-0.05, 0) is 26.0 Å². The number of hydrogen-bond acceptors (Lipinski definition) is 7. The molecule has 0 spiro atoms. The van der Waals surface area contributed by atoms with E-state index in [0.717, 1.165) is 23.2 Å². The topological polar surface area (TPSA) is 80.4 Å². The molecule has 0 bridgehead atoms. The monoisotopic (exact) mass is 283 g/mol. The van der Waals surface area contributed by atoms with Gasteiger partial charge in [0.15, 0.2) is 0 Å². The van der Waals surface area contributed by atoms with Crippen LogP contribution in [0.5, 0.6) is 5.88 Å². The SMILES string of the molecule is Cc1ccc(C(C)NCC(O)COc2cnsn2)o1. The van der Waals surface area contributed by atoms with Gasteiger partial charge in [0.1, 0.15) is 30.4 Å². The van der Waals surface area contributed by atoms with Crippen molar-refractivity contribution in [3.63, 3.8) is 0 Å². The van der Waals surface area contributed by atoms with Crippen LogP contribution in [0.1, 0.15) is 24.5 Å². The van der Waals surface area contributed by atoms with Crippen molar-refractivity contribution in [1.82, 2.24) is 14.1 Å². The number of aromatic nitrogens is 2. The predicted octanol–water partition coefficient (Wildman–Crippen LogP) is 1.53. The van der Waals surface area contributed by atoms with Crippen molar-refractivity contribution in [3.8, 4) is 5.88 Å². The highest BCUT2D eigenvalue weighted by Crippen LogP contribution is 2.15. The Morgan fingerprint density at radius 1 is 1.53 bits per heavy atom. The summed E-state index contributed by atoms with van der Waals surface area (Å²) in [6.45, 7) is 4.48. The number of rotatable bonds is 7. The number of nitrogens with zero attached hydrogens (tertiary/aromatic N) is 2. The predicted molar refractivity (Wildman–Crippen MR) is 71.3 cm³/mol. The lowest BCUT2D eigenvalue weighted by atomic mass is 10.2. The third kappa shape index (κ3) is 4.30. The largest absolute Gasteiger partial charge is 0.473 e. The van der Waals surface area contributed by atoms with Crippen LogP contribution in [0.25, 0.3) is 0 Å². The molecule has 6 nitrogen and oxygen atoms in total. The highest BCUT2D eigenvalue weighted by molar-refractivity contribution is 6.99. The summed E-state index contributed by atoms with van der Waals surface area (Å²) in [7, 11) is 0. The molecule has 0 saturated heterocycles. The minimum absolute atomic E-state index is 0.0456. The van der Waals surface area contributed by atoms with Crippen LogP contribution >= 0.6 is 11.7 Å². The average Bonchev–Trinajstić information content (AvgIpc) is 3.04. The van der Waals surface area contributed by atoms with Gasteiger partial charge in [0.05, 0.1) is 17.8 Å². The quantitative estimate of drug-likeness (QED) is 0.802. The molecule has 0 saturated carbocycles. The molecule has 2 atom stereocenters. The normalized spacial score (nSPS) is 14.3. The molecule has 2 aromatic rings. The fourth-order valence-corrected chi connectivity index (χ4v) is 1.92. The van der Waals surface area contributed by atoms with Gasteiger partial charge >= 0.3 is 0 Å². The molecule has 7 heteroatoms. The van der Waals surface area contributed by atoms with Crippen LogP contribution < -0.4 is 10.1 Å². The van der Waals surface area contributed by atoms with Gasteiger partial charge in [-0.1, -0.05) is 0 Å². The first kappa shape index (κ1) is 14.0. The van der Waals surface area contributed by atoms with Crippen molar-refractivity contribution in [3.05, 3.63) is 29.9 Å². The van der Waals surface area contributed by atoms with Crippen LogP contribution in [0, 0.1) is 6.92 Å². The lowest BCUT2D eigenvalue weighted by Crippen LogP contribution is -2.32. The summed E-state index contributed by atoms with van der Waals surface area (Å²) in [6, 6.07) is 3.89. The number of hydrogen-bond donors (Lipinski definition) is 2. The fraction of sp³-hybridized carbons (Fsp3) is 0.500. The van der Waals surface area contributed by atoms with Gasteiger partial charge in [-0.25, -0.2) is 0 Å². The van der Waals surface area contributed by atoms with Crippen molar-refractivity contribution in [2.75, 3.05) is 13.2 Å². The van der Waals surface area contributed by atoms with E-state index in [-0.39, 0.29) is 12.6 Å². The molecule has 0 radical (unpaired) electrons. The van der Waals surface area contributed by atoms with Crippen LogP contribution in [0.2, 0.25) is 0 Å². The molecule has 104 valence electrons. The van der Waals surface area contributed by atoms with Gasteiger partial charge in [0, 0.05) is 6.54 Å². The van der Waals surface area contributed by atoms with Gasteiger partial charge in [0.2, 0.25) is 5.88 Å². The Balaban J connectivity index is 1.69. The molecule has 2 N–H and O–H groups in total. The maximum Gasteiger partial charge on any atom is 0.245 e. The first-order valence-electron chi connectivity index (χ1n) is 6.03. The van der Waals surface area contributed by atoms with Gasteiger partial charge in [-0.15, -0.1) is 4.37 Å². The van der Waals surface area contributed by atoms with Crippen molar-refractivity contribution in [1.29, 1.82) is 0 Å². The van der Waals surface area contributed by atoms with E-state index in [4.69, 9.17) is 9.15 Å². The molecule has 0 aliphatic carbocycles. The smallest absolute Gasteiger partial charge is 0.245 e. The third-order valence-corrected chi connectivity index (χ3v) is 3.07. The number of aryl methyl sites for hydroxylation is 1. The summed E-state index contributed by atoms with van der Waals surface area (Å²) in [5, 5.41) is 13.0. The van der Waals surface area contributed by atoms with Crippen molar-refractivity contribution >= 4 is 11.7 Å². The molecule has 0 amide bonds. The number of nitrogens with one attached hydrogen (secondary N) is 1. The molecule has 0 aliphatic rings. The standard InChI is InChI=1S/C12H17N3O3S/c1-8-3-4-11(18-8)9(2)13-5-10(16)7-17-12-6-14-19-15-12/h3-4,6,9-10,13,16H,5,7H2,1-2H3. The molecule has 0 aromatic carbocycles. The molecule has 19 heavy (non-hydrogen) atoms. The van der Waals surface area contributed by atoms with E-state index < -0.39 is 6.10 Å². The number of ether oxygens (including phenoxy) is 1. The van der Waals surface area contributed by atoms with E-state index in [1.807, 2.05) is 26.0 Å². The second-order valence-electron chi connectivity index (χ2n) is 4.29. The number of aliphatic hydroxyl groups excluding tert-OH is 1. The average molecular weight is 283 g/mol. The Morgan fingerprint density at radius 2 is 2.37 bits per heavy atom. The van der Waals surface area contributed by atoms with E-state index in [9.17, 15) is 5.11 Å². The van der Waals surface area contributed by atoms with Gasteiger partial charge in [0.25, 0.3) is 0 Å². The fourth-order valence-electron chi connectivity index (χ4n) is 1.56. The zero-order valence-corrected chi connectivity index (χ0v) is 11.7. The van der Waals surface area contributed by atoms with Crippen LogP contribution in [-0.2, 0) is 0 Å². The molecule has 0 aliphatic heterocycles. The summed E-state index contributed by atoms with van der Waals surface area (Å²) < 4.78 is 18.5. The second kappa shape index (κ2) is 6.65. The van der Waals surface area contributed by atoms with Crippen molar-refractivity contribution in [2.45, 2.75) is 26.0 Å². The summed E-state index contributed by atoms with van der Waals surface area (Å²) >= 11 is 1.07. The van der Waals surface area contributed by atoms with E-state index >= 15 is 0 Å². The summed E-state index contributed by atoms with van der Waals surface area (Å²) in [5.41, 5.74) is 0. The van der Waals surface area contributed by atoms with Crippen LogP contribution in [0.15, 0.2) is 22.7 Å². The lowest BCUT2D eigenvalue weighted by molar-refractivity contribution is 0.101. The number of aliphatic hydroxyl groups is 1. The highest BCUT2D eigenvalue weighted by Gasteiger charge is 2.12. The lowest BCUT2D eigenvalue weighted by Gasteiger charge is -2.15. The first-order chi connectivity index (χ1) is 9.15.